The Morgan fingerprint density at radius 1 is 0.305 bits per heavy atom. The highest BCUT2D eigenvalue weighted by molar-refractivity contribution is 7.47. The van der Waals surface area contributed by atoms with Gasteiger partial charge >= 0.3 is 33.6 Å². The molecule has 0 heterocycles. The zero-order valence-corrected chi connectivity index (χ0v) is 61.4. The van der Waals surface area contributed by atoms with Crippen LogP contribution >= 0.6 is 15.6 Å². The van der Waals surface area contributed by atoms with Crippen LogP contribution in [0.4, 0.5) is 0 Å². The normalized spacial score (nSPS) is 14.7. The third kappa shape index (κ3) is 71.3. The molecule has 0 aromatic rings. The average molecular weight is 1380 g/mol. The first kappa shape index (κ1) is 91.2. The van der Waals surface area contributed by atoms with Crippen LogP contribution in [0.1, 0.15) is 303 Å². The minimum Gasteiger partial charge on any atom is -0.463 e. The van der Waals surface area contributed by atoms with Crippen molar-refractivity contribution in [1.82, 2.24) is 0 Å². The monoisotopic (exact) mass is 1380 g/mol. The molecule has 0 aromatic carbocycles. The highest BCUT2D eigenvalue weighted by Gasteiger charge is 2.29. The summed E-state index contributed by atoms with van der Waals surface area (Å²) in [7, 11) is -9.78. The average Bonchev–Trinajstić information content (AvgIpc) is 3.18. The van der Waals surface area contributed by atoms with Crippen LogP contribution in [0.25, 0.3) is 0 Å². The lowest BCUT2D eigenvalue weighted by atomic mass is 10.0. The number of rotatable bonds is 70. The molecule has 0 bridgehead atoms. The van der Waals surface area contributed by atoms with Crippen molar-refractivity contribution in [2.24, 2.45) is 0 Å². The van der Waals surface area contributed by atoms with Crippen molar-refractivity contribution in [3.05, 3.63) is 109 Å². The van der Waals surface area contributed by atoms with Gasteiger partial charge in [-0.05, 0) is 122 Å². The Kier molecular flexibility index (Phi) is 67.3. The van der Waals surface area contributed by atoms with Gasteiger partial charge in [-0.15, -0.1) is 0 Å². The lowest BCUT2D eigenvalue weighted by molar-refractivity contribution is -0.161. The summed E-state index contributed by atoms with van der Waals surface area (Å²) in [6, 6.07) is 0. The number of allylic oxidation sites excluding steroid dienone is 18. The molecule has 0 aromatic heterocycles. The van der Waals surface area contributed by atoms with Gasteiger partial charge in [-0.25, -0.2) is 9.13 Å². The lowest BCUT2D eigenvalue weighted by Gasteiger charge is -2.21. The van der Waals surface area contributed by atoms with E-state index in [9.17, 15) is 43.5 Å². The molecule has 0 aliphatic rings. The topological polar surface area (TPSA) is 231 Å². The maximum atomic E-state index is 12.9. The quantitative estimate of drug-likeness (QED) is 0.0146. The number of phosphoric acid groups is 2. The number of carbonyl (C=O) groups is 3. The predicted molar refractivity (Wildman–Crippen MR) is 390 cm³/mol. The molecule has 0 aliphatic carbocycles. The summed E-state index contributed by atoms with van der Waals surface area (Å²) in [4.78, 5) is 58.3. The van der Waals surface area contributed by atoms with E-state index in [1.54, 1.807) is 0 Å². The van der Waals surface area contributed by atoms with Crippen molar-refractivity contribution in [1.29, 1.82) is 0 Å². The minimum absolute atomic E-state index is 0.0915. The second kappa shape index (κ2) is 70.1. The largest absolute Gasteiger partial charge is 0.472 e. The van der Waals surface area contributed by atoms with Gasteiger partial charge in [0, 0.05) is 19.3 Å². The van der Waals surface area contributed by atoms with Gasteiger partial charge in [-0.2, -0.15) is 0 Å². The van der Waals surface area contributed by atoms with Gasteiger partial charge in [0.1, 0.15) is 25.4 Å². The molecule has 95 heavy (non-hydrogen) atoms. The van der Waals surface area contributed by atoms with Crippen LogP contribution in [0.5, 0.6) is 0 Å². The standard InChI is InChI=1S/C77H134O16P2/c1-4-7-10-13-16-19-22-24-26-27-28-29-30-31-32-33-34-35-36-37-38-39-40-41-42-43-45-47-49-51-54-57-60-63-75(80)87-66-72(78)67-89-94(83,84)90-68-73(79)69-91-95(85,86)92-71-74(93-77(82)65-62-59-56-53-48-21-18-15-12-9-6-3)70-88-76(81)64-61-58-55-52-50-46-44-25-23-20-17-14-11-8-5-2/h7,10,15-20,24-26,28-29,31-32,34-35,44,72-74,78-79H,4-6,8-9,11-14,21-23,27,30,33,36-43,45-71H2,1-3H3,(H,83,84)(H,85,86)/b10-7-,18-15-,19-16-,20-17-,26-24-,29-28-,32-31-,35-34-,44-25-. The number of esters is 3. The van der Waals surface area contributed by atoms with Crippen molar-refractivity contribution in [2.75, 3.05) is 39.6 Å². The van der Waals surface area contributed by atoms with Gasteiger partial charge in [0.05, 0.1) is 26.4 Å². The molecule has 0 fully saturated rings. The zero-order valence-electron chi connectivity index (χ0n) is 59.6. The Hall–Kier alpha value is -3.79. The van der Waals surface area contributed by atoms with Crippen molar-refractivity contribution in [3.63, 3.8) is 0 Å². The van der Waals surface area contributed by atoms with Gasteiger partial charge in [0.25, 0.3) is 0 Å². The van der Waals surface area contributed by atoms with E-state index >= 15 is 0 Å². The molecule has 5 atom stereocenters. The minimum atomic E-state index is -4.92. The smallest absolute Gasteiger partial charge is 0.463 e. The fraction of sp³-hybridized carbons (Fsp3) is 0.727. The van der Waals surface area contributed by atoms with Crippen LogP contribution in [0, 0.1) is 0 Å². The van der Waals surface area contributed by atoms with Crippen molar-refractivity contribution in [3.8, 4) is 0 Å². The first-order chi connectivity index (χ1) is 46.2. The van der Waals surface area contributed by atoms with Gasteiger partial charge in [-0.3, -0.25) is 32.5 Å². The highest BCUT2D eigenvalue weighted by atomic mass is 31.2. The Bertz CT molecular complexity index is 2170. The highest BCUT2D eigenvalue weighted by Crippen LogP contribution is 2.45. The molecule has 0 aliphatic heterocycles. The first-order valence-electron chi connectivity index (χ1n) is 37.2. The molecule has 0 saturated heterocycles. The van der Waals surface area contributed by atoms with E-state index in [0.29, 0.717) is 19.3 Å². The fourth-order valence-electron chi connectivity index (χ4n) is 9.76. The summed E-state index contributed by atoms with van der Waals surface area (Å²) in [5.74, 6) is -1.60. The van der Waals surface area contributed by atoms with E-state index in [1.165, 1.54) is 96.3 Å². The lowest BCUT2D eigenvalue weighted by Crippen LogP contribution is -2.30. The van der Waals surface area contributed by atoms with Crippen molar-refractivity contribution < 1.29 is 75.8 Å². The van der Waals surface area contributed by atoms with Gasteiger partial charge < -0.3 is 34.2 Å². The van der Waals surface area contributed by atoms with Crippen LogP contribution < -0.4 is 0 Å². The number of phosphoric ester groups is 2. The number of aliphatic hydroxyl groups excluding tert-OH is 2. The van der Waals surface area contributed by atoms with E-state index < -0.39 is 91.5 Å². The Morgan fingerprint density at radius 2 is 0.568 bits per heavy atom. The number of carbonyl (C=O) groups excluding carboxylic acids is 3. The Balaban J connectivity index is 4.34. The number of hydrogen-bond donors (Lipinski definition) is 4. The fourth-order valence-corrected chi connectivity index (χ4v) is 11.3. The summed E-state index contributed by atoms with van der Waals surface area (Å²) < 4.78 is 60.9. The second-order valence-electron chi connectivity index (χ2n) is 24.7. The van der Waals surface area contributed by atoms with Crippen LogP contribution in [0.3, 0.4) is 0 Å². The zero-order chi connectivity index (χ0) is 69.5. The van der Waals surface area contributed by atoms with E-state index in [2.05, 4.69) is 130 Å². The van der Waals surface area contributed by atoms with Gasteiger partial charge in [0.2, 0.25) is 0 Å². The molecule has 16 nitrogen and oxygen atoms in total. The molecule has 548 valence electrons. The van der Waals surface area contributed by atoms with Crippen LogP contribution in [0.15, 0.2) is 109 Å². The van der Waals surface area contributed by atoms with Crippen LogP contribution in [-0.4, -0.2) is 95.9 Å². The predicted octanol–water partition coefficient (Wildman–Crippen LogP) is 21.2. The molecular formula is C77H134O16P2. The second-order valence-corrected chi connectivity index (χ2v) is 27.6. The summed E-state index contributed by atoms with van der Waals surface area (Å²) in [6.07, 6.45) is 80.3. The number of unbranched alkanes of at least 4 members (excludes halogenated alkanes) is 29. The van der Waals surface area contributed by atoms with Gasteiger partial charge in [-0.1, -0.05) is 271 Å². The summed E-state index contributed by atoms with van der Waals surface area (Å²) in [6.45, 7) is 2.47. The maximum absolute atomic E-state index is 12.9. The number of hydrogen-bond acceptors (Lipinski definition) is 14. The Morgan fingerprint density at radius 3 is 0.926 bits per heavy atom. The Labute approximate surface area is 577 Å². The van der Waals surface area contributed by atoms with E-state index in [0.717, 1.165) is 148 Å². The SMILES string of the molecule is CC/C=C\C/C=C\C/C=C\C/C=C\C/C=C\C/C=C\CCCCCCCCCCCCCCCCC(=O)OCC(O)COP(=O)(O)OCC(O)COP(=O)(O)OCC(COC(=O)CCCCCCC/C=C\C/C=C\CCCCC)OC(=O)CCCCCCC/C=C\CCCC. The molecule has 0 amide bonds. The van der Waals surface area contributed by atoms with E-state index in [1.807, 2.05) is 0 Å². The first-order valence-corrected chi connectivity index (χ1v) is 40.2. The van der Waals surface area contributed by atoms with Crippen molar-refractivity contribution >= 4 is 33.6 Å². The molecule has 5 unspecified atom stereocenters. The number of ether oxygens (including phenoxy) is 3. The number of aliphatic hydroxyl groups is 2. The van der Waals surface area contributed by atoms with Crippen molar-refractivity contribution in [2.45, 2.75) is 322 Å². The van der Waals surface area contributed by atoms with E-state index in [4.69, 9.17) is 32.3 Å². The molecule has 0 radical (unpaired) electrons. The van der Waals surface area contributed by atoms with Crippen LogP contribution in [0.2, 0.25) is 0 Å². The third-order valence-electron chi connectivity index (χ3n) is 15.5. The van der Waals surface area contributed by atoms with E-state index in [-0.39, 0.29) is 19.3 Å². The summed E-state index contributed by atoms with van der Waals surface area (Å²) in [5, 5.41) is 20.6. The molecule has 18 heteroatoms. The summed E-state index contributed by atoms with van der Waals surface area (Å²) in [5.41, 5.74) is 0. The molecule has 4 N–H and O–H groups in total. The van der Waals surface area contributed by atoms with Crippen LogP contribution in [-0.2, 0) is 55.8 Å². The summed E-state index contributed by atoms with van der Waals surface area (Å²) >= 11 is 0. The third-order valence-corrected chi connectivity index (χ3v) is 17.4. The molecular weight excluding hydrogens is 1240 g/mol. The molecule has 0 spiro atoms. The van der Waals surface area contributed by atoms with Gasteiger partial charge in [0.15, 0.2) is 6.10 Å². The molecule has 0 rings (SSSR count). The maximum Gasteiger partial charge on any atom is 0.472 e. The molecule has 0 saturated carbocycles.